The summed E-state index contributed by atoms with van der Waals surface area (Å²) in [6.45, 7) is 12.7. The van der Waals surface area contributed by atoms with Crippen molar-refractivity contribution in [2.75, 3.05) is 0 Å². The van der Waals surface area contributed by atoms with Crippen LogP contribution in [-0.4, -0.2) is 5.11 Å². The monoisotopic (exact) mass is 240 g/mol. The number of hydrogen-bond donors (Lipinski definition) is 1. The van der Waals surface area contributed by atoms with Crippen LogP contribution in [0.4, 0.5) is 0 Å². The van der Waals surface area contributed by atoms with Crippen molar-refractivity contribution in [1.29, 1.82) is 0 Å². The Bertz CT molecular complexity index is 394. The Morgan fingerprint density at radius 2 is 1.44 bits per heavy atom. The molecule has 0 amide bonds. The number of phenols is 1. The molecule has 1 rings (SSSR count). The van der Waals surface area contributed by atoms with Crippen LogP contribution in [0.15, 0.2) is 12.1 Å². The molecular weight excluding hydrogens is 220 g/mol. The van der Waals surface area contributed by atoms with Gasteiger partial charge in [0.1, 0.15) is 5.75 Å². The van der Waals surface area contributed by atoms with Crippen LogP contribution in [0.2, 0.25) is 5.02 Å². The molecule has 90 valence electrons. The molecule has 0 aliphatic heterocycles. The van der Waals surface area contributed by atoms with Gasteiger partial charge in [-0.25, -0.2) is 0 Å². The third-order valence-corrected chi connectivity index (χ3v) is 3.12. The van der Waals surface area contributed by atoms with Crippen molar-refractivity contribution in [1.82, 2.24) is 0 Å². The molecule has 0 saturated heterocycles. The quantitative estimate of drug-likeness (QED) is 0.701. The lowest BCUT2D eigenvalue weighted by Crippen LogP contribution is -2.16. The minimum atomic E-state index is -0.0597. The van der Waals surface area contributed by atoms with Crippen LogP contribution in [0.1, 0.15) is 52.7 Å². The van der Waals surface area contributed by atoms with E-state index in [4.69, 9.17) is 11.6 Å². The maximum Gasteiger partial charge on any atom is 0.134 e. The topological polar surface area (TPSA) is 20.2 Å². The molecular formula is C14H21ClO. The summed E-state index contributed by atoms with van der Waals surface area (Å²) in [6, 6.07) is 3.86. The van der Waals surface area contributed by atoms with Gasteiger partial charge in [-0.3, -0.25) is 0 Å². The van der Waals surface area contributed by atoms with E-state index in [0.29, 0.717) is 5.02 Å². The van der Waals surface area contributed by atoms with Crippen molar-refractivity contribution < 1.29 is 5.11 Å². The van der Waals surface area contributed by atoms with Crippen LogP contribution >= 0.6 is 11.6 Å². The minimum Gasteiger partial charge on any atom is -0.506 e. The van der Waals surface area contributed by atoms with Crippen LogP contribution in [0.5, 0.6) is 5.75 Å². The second kappa shape index (κ2) is 3.96. The van der Waals surface area contributed by atoms with Gasteiger partial charge in [0.05, 0.1) is 5.02 Å². The molecule has 1 aromatic carbocycles. The van der Waals surface area contributed by atoms with Crippen LogP contribution in [0, 0.1) is 0 Å². The zero-order valence-corrected chi connectivity index (χ0v) is 11.7. The molecule has 0 spiro atoms. The minimum absolute atomic E-state index is 0.0159. The molecule has 0 unspecified atom stereocenters. The van der Waals surface area contributed by atoms with E-state index in [1.165, 1.54) is 0 Å². The van der Waals surface area contributed by atoms with Gasteiger partial charge in [-0.2, -0.15) is 0 Å². The van der Waals surface area contributed by atoms with E-state index in [-0.39, 0.29) is 16.6 Å². The van der Waals surface area contributed by atoms with Crippen LogP contribution in [0.25, 0.3) is 0 Å². The first-order chi connectivity index (χ1) is 7.03. The summed E-state index contributed by atoms with van der Waals surface area (Å²) in [4.78, 5) is 0. The van der Waals surface area contributed by atoms with Crippen LogP contribution < -0.4 is 0 Å². The Hall–Kier alpha value is -0.690. The van der Waals surface area contributed by atoms with E-state index >= 15 is 0 Å². The first kappa shape index (κ1) is 13.4. The molecule has 2 heteroatoms. The molecule has 0 fully saturated rings. The van der Waals surface area contributed by atoms with E-state index in [1.54, 1.807) is 6.07 Å². The van der Waals surface area contributed by atoms with Gasteiger partial charge in [-0.1, -0.05) is 59.2 Å². The van der Waals surface area contributed by atoms with Crippen molar-refractivity contribution >= 4 is 11.6 Å². The predicted octanol–water partition coefficient (Wildman–Crippen LogP) is 4.64. The summed E-state index contributed by atoms with van der Waals surface area (Å²) in [5.74, 6) is 0.180. The number of rotatable bonds is 0. The normalized spacial score (nSPS) is 12.9. The Morgan fingerprint density at radius 1 is 0.938 bits per heavy atom. The lowest BCUT2D eigenvalue weighted by molar-refractivity contribution is 0.466. The highest BCUT2D eigenvalue weighted by Crippen LogP contribution is 2.39. The fraction of sp³-hybridized carbons (Fsp3) is 0.571. The molecule has 0 aromatic heterocycles. The Labute approximate surface area is 103 Å². The summed E-state index contributed by atoms with van der Waals surface area (Å²) in [7, 11) is 0. The summed E-state index contributed by atoms with van der Waals surface area (Å²) in [5.41, 5.74) is 2.07. The molecule has 0 aliphatic rings. The molecule has 1 N–H and O–H groups in total. The molecule has 16 heavy (non-hydrogen) atoms. The van der Waals surface area contributed by atoms with Gasteiger partial charge >= 0.3 is 0 Å². The van der Waals surface area contributed by atoms with E-state index in [1.807, 2.05) is 0 Å². The fourth-order valence-corrected chi connectivity index (χ4v) is 1.98. The van der Waals surface area contributed by atoms with E-state index in [0.717, 1.165) is 11.1 Å². The van der Waals surface area contributed by atoms with E-state index < -0.39 is 0 Å². The number of halogens is 1. The Kier molecular flexibility index (Phi) is 3.31. The molecule has 0 bridgehead atoms. The van der Waals surface area contributed by atoms with Gasteiger partial charge in [-0.05, 0) is 28.0 Å². The average Bonchev–Trinajstić information content (AvgIpc) is 2.05. The summed E-state index contributed by atoms with van der Waals surface area (Å²) >= 11 is 6.15. The smallest absolute Gasteiger partial charge is 0.134 e. The first-order valence-corrected chi connectivity index (χ1v) is 5.95. The largest absolute Gasteiger partial charge is 0.506 e. The zero-order chi connectivity index (χ0) is 12.7. The highest BCUT2D eigenvalue weighted by Gasteiger charge is 2.23. The second-order valence-electron chi connectivity index (χ2n) is 6.36. The van der Waals surface area contributed by atoms with Gasteiger partial charge in [0, 0.05) is 0 Å². The molecule has 0 heterocycles. The maximum absolute atomic E-state index is 9.88. The Balaban J connectivity index is 3.46. The summed E-state index contributed by atoms with van der Waals surface area (Å²) < 4.78 is 0. The van der Waals surface area contributed by atoms with Gasteiger partial charge in [0.15, 0.2) is 0 Å². The van der Waals surface area contributed by atoms with Crippen molar-refractivity contribution in [2.24, 2.45) is 0 Å². The number of aromatic hydroxyl groups is 1. The number of benzene rings is 1. The molecule has 0 saturated carbocycles. The number of hydrogen-bond acceptors (Lipinski definition) is 1. The van der Waals surface area contributed by atoms with Gasteiger partial charge < -0.3 is 5.11 Å². The number of phenolic OH excluding ortho intramolecular Hbond substituents is 1. The van der Waals surface area contributed by atoms with Crippen LogP contribution in [0.3, 0.4) is 0 Å². The van der Waals surface area contributed by atoms with Crippen molar-refractivity contribution in [3.8, 4) is 5.75 Å². The maximum atomic E-state index is 9.88. The molecule has 1 nitrogen and oxygen atoms in total. The lowest BCUT2D eigenvalue weighted by atomic mass is 9.80. The second-order valence-corrected chi connectivity index (χ2v) is 6.73. The zero-order valence-electron chi connectivity index (χ0n) is 11.0. The molecule has 0 radical (unpaired) electrons. The van der Waals surface area contributed by atoms with Gasteiger partial charge in [0.2, 0.25) is 0 Å². The van der Waals surface area contributed by atoms with Crippen LogP contribution in [-0.2, 0) is 10.8 Å². The SMILES string of the molecule is CC(C)(C)c1cc(O)c(Cl)c(C(C)(C)C)c1. The van der Waals surface area contributed by atoms with E-state index in [2.05, 4.69) is 47.6 Å². The summed E-state index contributed by atoms with van der Waals surface area (Å²) in [5, 5.41) is 10.3. The third-order valence-electron chi connectivity index (χ3n) is 2.73. The molecule has 0 aliphatic carbocycles. The van der Waals surface area contributed by atoms with Crippen molar-refractivity contribution in [2.45, 2.75) is 52.4 Å². The third kappa shape index (κ3) is 2.70. The Morgan fingerprint density at radius 3 is 1.81 bits per heavy atom. The molecule has 0 atom stereocenters. The van der Waals surface area contributed by atoms with Crippen molar-refractivity contribution in [3.63, 3.8) is 0 Å². The molecule has 1 aromatic rings. The first-order valence-electron chi connectivity index (χ1n) is 5.57. The van der Waals surface area contributed by atoms with Gasteiger partial charge in [-0.15, -0.1) is 0 Å². The highest BCUT2D eigenvalue weighted by molar-refractivity contribution is 6.32. The standard InChI is InChI=1S/C14H21ClO/c1-13(2,3)9-7-10(14(4,5)6)12(15)11(16)8-9/h7-8,16H,1-6H3. The average molecular weight is 241 g/mol. The van der Waals surface area contributed by atoms with Gasteiger partial charge in [0.25, 0.3) is 0 Å². The summed E-state index contributed by atoms with van der Waals surface area (Å²) in [6.07, 6.45) is 0. The highest BCUT2D eigenvalue weighted by atomic mass is 35.5. The van der Waals surface area contributed by atoms with Crippen molar-refractivity contribution in [3.05, 3.63) is 28.3 Å². The fourth-order valence-electron chi connectivity index (χ4n) is 1.59. The lowest BCUT2D eigenvalue weighted by Gasteiger charge is -2.26. The predicted molar refractivity (Wildman–Crippen MR) is 70.5 cm³/mol. The van der Waals surface area contributed by atoms with E-state index in [9.17, 15) is 5.11 Å².